The van der Waals surface area contributed by atoms with Crippen molar-refractivity contribution in [2.45, 2.75) is 12.5 Å². The van der Waals surface area contributed by atoms with E-state index in [-0.39, 0.29) is 6.04 Å². The highest BCUT2D eigenvalue weighted by Crippen LogP contribution is 2.21. The molecule has 1 atom stereocenters. The highest BCUT2D eigenvalue weighted by Gasteiger charge is 2.10. The van der Waals surface area contributed by atoms with Gasteiger partial charge in [0.1, 0.15) is 5.75 Å². The highest BCUT2D eigenvalue weighted by atomic mass is 16.5. The highest BCUT2D eigenvalue weighted by molar-refractivity contribution is 5.31. The summed E-state index contributed by atoms with van der Waals surface area (Å²) in [6, 6.07) is 18.3. The van der Waals surface area contributed by atoms with Gasteiger partial charge in [-0.2, -0.15) is 0 Å². The van der Waals surface area contributed by atoms with Gasteiger partial charge in [0.25, 0.3) is 0 Å². The van der Waals surface area contributed by atoms with Crippen LogP contribution in [0.3, 0.4) is 0 Å². The Hall–Kier alpha value is -1.84. The second-order valence-corrected chi connectivity index (χ2v) is 4.19. The van der Waals surface area contributed by atoms with E-state index in [1.54, 1.807) is 7.11 Å². The summed E-state index contributed by atoms with van der Waals surface area (Å²) in [4.78, 5) is 0. The van der Waals surface area contributed by atoms with Crippen molar-refractivity contribution < 1.29 is 4.74 Å². The molecule has 0 aliphatic heterocycles. The Kier molecular flexibility index (Phi) is 4.34. The lowest BCUT2D eigenvalue weighted by molar-refractivity contribution is 0.413. The van der Waals surface area contributed by atoms with Crippen LogP contribution in [0.4, 0.5) is 0 Å². The minimum atomic E-state index is 0.0856. The molecule has 1 unspecified atom stereocenters. The van der Waals surface area contributed by atoms with E-state index in [0.717, 1.165) is 17.7 Å². The smallest absolute Gasteiger partial charge is 0.119 e. The fraction of sp³-hybridized carbons (Fsp3) is 0.200. The van der Waals surface area contributed by atoms with Crippen LogP contribution in [0.15, 0.2) is 54.6 Å². The standard InChI is InChI=1S/C15H18N2O/c1-18-14-9-5-8-13(11-14)15(17-16)10-12-6-3-2-4-7-12/h2-9,11,15,17H,10,16H2,1H3. The van der Waals surface area contributed by atoms with E-state index in [0.29, 0.717) is 0 Å². The van der Waals surface area contributed by atoms with Crippen molar-refractivity contribution in [3.63, 3.8) is 0 Å². The fourth-order valence-corrected chi connectivity index (χ4v) is 1.98. The van der Waals surface area contributed by atoms with E-state index in [1.165, 1.54) is 5.56 Å². The van der Waals surface area contributed by atoms with Crippen LogP contribution >= 0.6 is 0 Å². The van der Waals surface area contributed by atoms with Gasteiger partial charge in [0.15, 0.2) is 0 Å². The van der Waals surface area contributed by atoms with Gasteiger partial charge in [-0.05, 0) is 29.7 Å². The lowest BCUT2D eigenvalue weighted by Crippen LogP contribution is -2.29. The quantitative estimate of drug-likeness (QED) is 0.625. The van der Waals surface area contributed by atoms with Crippen molar-refractivity contribution >= 4 is 0 Å². The molecule has 0 aromatic heterocycles. The third-order valence-corrected chi connectivity index (χ3v) is 2.98. The molecule has 0 radical (unpaired) electrons. The van der Waals surface area contributed by atoms with Crippen LogP contribution in [0.25, 0.3) is 0 Å². The molecule has 3 heteroatoms. The van der Waals surface area contributed by atoms with Gasteiger partial charge in [0, 0.05) is 0 Å². The van der Waals surface area contributed by atoms with Gasteiger partial charge in [-0.15, -0.1) is 0 Å². The van der Waals surface area contributed by atoms with Gasteiger partial charge in [-0.25, -0.2) is 0 Å². The zero-order valence-corrected chi connectivity index (χ0v) is 10.5. The van der Waals surface area contributed by atoms with E-state index < -0.39 is 0 Å². The Morgan fingerprint density at radius 1 is 1.11 bits per heavy atom. The summed E-state index contributed by atoms with van der Waals surface area (Å²) in [7, 11) is 1.67. The molecule has 18 heavy (non-hydrogen) atoms. The molecular formula is C15H18N2O. The number of hydrogen-bond donors (Lipinski definition) is 2. The summed E-state index contributed by atoms with van der Waals surface area (Å²) in [5.41, 5.74) is 5.24. The molecule has 0 spiro atoms. The van der Waals surface area contributed by atoms with E-state index in [1.807, 2.05) is 36.4 Å². The number of benzene rings is 2. The number of nitrogens with two attached hydrogens (primary N) is 1. The van der Waals surface area contributed by atoms with E-state index >= 15 is 0 Å². The van der Waals surface area contributed by atoms with Gasteiger partial charge in [-0.1, -0.05) is 42.5 Å². The molecule has 0 aliphatic carbocycles. The molecule has 2 aromatic carbocycles. The third-order valence-electron chi connectivity index (χ3n) is 2.98. The molecule has 2 aromatic rings. The third kappa shape index (κ3) is 3.09. The molecule has 3 nitrogen and oxygen atoms in total. The second-order valence-electron chi connectivity index (χ2n) is 4.19. The lowest BCUT2D eigenvalue weighted by atomic mass is 9.99. The summed E-state index contributed by atoms with van der Waals surface area (Å²) in [6.07, 6.45) is 0.852. The van der Waals surface area contributed by atoms with Crippen LogP contribution in [0, 0.1) is 0 Å². The molecular weight excluding hydrogens is 224 g/mol. The molecule has 94 valence electrons. The summed E-state index contributed by atoms with van der Waals surface area (Å²) in [5.74, 6) is 6.50. The largest absolute Gasteiger partial charge is 0.497 e. The number of hydrazine groups is 1. The van der Waals surface area contributed by atoms with E-state index in [4.69, 9.17) is 10.6 Å². The van der Waals surface area contributed by atoms with Crippen LogP contribution in [0.5, 0.6) is 5.75 Å². The lowest BCUT2D eigenvalue weighted by Gasteiger charge is -2.17. The molecule has 0 fully saturated rings. The summed E-state index contributed by atoms with van der Waals surface area (Å²) >= 11 is 0. The van der Waals surface area contributed by atoms with E-state index in [9.17, 15) is 0 Å². The summed E-state index contributed by atoms with van der Waals surface area (Å²) in [6.45, 7) is 0. The first-order valence-electron chi connectivity index (χ1n) is 5.97. The van der Waals surface area contributed by atoms with Crippen LogP contribution in [-0.2, 0) is 6.42 Å². The monoisotopic (exact) mass is 242 g/mol. The average Bonchev–Trinajstić information content (AvgIpc) is 2.46. The summed E-state index contributed by atoms with van der Waals surface area (Å²) in [5, 5.41) is 0. The average molecular weight is 242 g/mol. The molecule has 3 N–H and O–H groups in total. The predicted molar refractivity (Wildman–Crippen MR) is 73.2 cm³/mol. The van der Waals surface area contributed by atoms with Crippen molar-refractivity contribution in [1.82, 2.24) is 5.43 Å². The van der Waals surface area contributed by atoms with Gasteiger partial charge in [-0.3, -0.25) is 11.3 Å². The van der Waals surface area contributed by atoms with Crippen LogP contribution < -0.4 is 16.0 Å². The number of ether oxygens (including phenoxy) is 1. The molecule has 0 amide bonds. The first-order chi connectivity index (χ1) is 8.83. The normalized spacial score (nSPS) is 12.1. The predicted octanol–water partition coefficient (Wildman–Crippen LogP) is 2.44. The molecule has 0 heterocycles. The maximum Gasteiger partial charge on any atom is 0.119 e. The first kappa shape index (κ1) is 12.6. The van der Waals surface area contributed by atoms with Crippen molar-refractivity contribution in [3.05, 3.63) is 65.7 Å². The topological polar surface area (TPSA) is 47.3 Å². The molecule has 0 saturated heterocycles. The minimum Gasteiger partial charge on any atom is -0.497 e. The van der Waals surface area contributed by atoms with Crippen molar-refractivity contribution in [2.75, 3.05) is 7.11 Å². The second kappa shape index (κ2) is 6.19. The maximum atomic E-state index is 5.65. The molecule has 0 saturated carbocycles. The zero-order valence-electron chi connectivity index (χ0n) is 10.5. The molecule has 0 bridgehead atoms. The van der Waals surface area contributed by atoms with Crippen molar-refractivity contribution in [2.24, 2.45) is 5.84 Å². The number of methoxy groups -OCH3 is 1. The fourth-order valence-electron chi connectivity index (χ4n) is 1.98. The van der Waals surface area contributed by atoms with E-state index in [2.05, 4.69) is 23.6 Å². The minimum absolute atomic E-state index is 0.0856. The van der Waals surface area contributed by atoms with Crippen LogP contribution in [-0.4, -0.2) is 7.11 Å². The Morgan fingerprint density at radius 2 is 1.89 bits per heavy atom. The summed E-state index contributed by atoms with van der Waals surface area (Å²) < 4.78 is 5.23. The molecule has 2 rings (SSSR count). The Balaban J connectivity index is 2.17. The first-order valence-corrected chi connectivity index (χ1v) is 5.97. The van der Waals surface area contributed by atoms with Crippen LogP contribution in [0.2, 0.25) is 0 Å². The number of hydrogen-bond acceptors (Lipinski definition) is 3. The maximum absolute atomic E-state index is 5.65. The zero-order chi connectivity index (χ0) is 12.8. The van der Waals surface area contributed by atoms with Gasteiger partial charge < -0.3 is 4.74 Å². The Labute approximate surface area is 108 Å². The van der Waals surface area contributed by atoms with Crippen molar-refractivity contribution in [3.8, 4) is 5.75 Å². The van der Waals surface area contributed by atoms with Gasteiger partial charge in [0.05, 0.1) is 13.2 Å². The van der Waals surface area contributed by atoms with Crippen molar-refractivity contribution in [1.29, 1.82) is 0 Å². The van der Waals surface area contributed by atoms with Gasteiger partial charge in [0.2, 0.25) is 0 Å². The number of nitrogens with one attached hydrogen (secondary N) is 1. The Morgan fingerprint density at radius 3 is 2.56 bits per heavy atom. The van der Waals surface area contributed by atoms with Crippen LogP contribution in [0.1, 0.15) is 17.2 Å². The SMILES string of the molecule is COc1cccc(C(Cc2ccccc2)NN)c1. The number of rotatable bonds is 5. The van der Waals surface area contributed by atoms with Gasteiger partial charge >= 0.3 is 0 Å². The Bertz CT molecular complexity index is 485. The molecule has 0 aliphatic rings.